The third-order valence-corrected chi connectivity index (χ3v) is 6.86. The number of nitrogens with zero attached hydrogens (tertiary/aromatic N) is 2. The van der Waals surface area contributed by atoms with Crippen LogP contribution >= 0.6 is 0 Å². The summed E-state index contributed by atoms with van der Waals surface area (Å²) in [6.45, 7) is 6.80. The number of carbonyl (C=O) groups is 2. The highest BCUT2D eigenvalue weighted by molar-refractivity contribution is 7.92. The van der Waals surface area contributed by atoms with E-state index in [1.807, 2.05) is 49.4 Å². The minimum absolute atomic E-state index is 0.136. The van der Waals surface area contributed by atoms with Gasteiger partial charge in [0.15, 0.2) is 0 Å². The van der Waals surface area contributed by atoms with Crippen molar-refractivity contribution in [2.24, 2.45) is 0 Å². The van der Waals surface area contributed by atoms with Gasteiger partial charge in [0.1, 0.15) is 6.04 Å². The molecule has 1 atom stereocenters. The summed E-state index contributed by atoms with van der Waals surface area (Å²) in [7, 11) is -3.50. The number of carbonyl (C=O) groups excluding carboxylic acids is 2. The molecule has 34 heavy (non-hydrogen) atoms. The van der Waals surface area contributed by atoms with Gasteiger partial charge in [0, 0.05) is 26.1 Å². The first-order valence-corrected chi connectivity index (χ1v) is 13.6. The molecule has 0 aliphatic rings. The van der Waals surface area contributed by atoms with Crippen LogP contribution in [0.15, 0.2) is 54.6 Å². The van der Waals surface area contributed by atoms with E-state index in [2.05, 4.69) is 12.2 Å². The highest BCUT2D eigenvalue weighted by Gasteiger charge is 2.26. The molecule has 0 heterocycles. The SMILES string of the molecule is CCCCNC(=O)[C@@H](C)N(Cc1ccccc1)C(=O)CCCN(c1ccc(C)cc1)S(C)(=O)=O. The molecule has 0 saturated heterocycles. The van der Waals surface area contributed by atoms with Gasteiger partial charge in [-0.1, -0.05) is 61.4 Å². The highest BCUT2D eigenvalue weighted by atomic mass is 32.2. The molecule has 2 rings (SSSR count). The maximum absolute atomic E-state index is 13.2. The molecule has 0 unspecified atom stereocenters. The third kappa shape index (κ3) is 8.48. The number of anilines is 1. The highest BCUT2D eigenvalue weighted by Crippen LogP contribution is 2.19. The van der Waals surface area contributed by atoms with Crippen molar-refractivity contribution < 1.29 is 18.0 Å². The number of aryl methyl sites for hydroxylation is 1. The molecule has 2 aromatic rings. The normalized spacial score (nSPS) is 12.1. The molecule has 2 aromatic carbocycles. The summed E-state index contributed by atoms with van der Waals surface area (Å²) in [4.78, 5) is 27.5. The van der Waals surface area contributed by atoms with Gasteiger partial charge in [0.05, 0.1) is 11.9 Å². The summed E-state index contributed by atoms with van der Waals surface area (Å²) >= 11 is 0. The molecule has 7 nitrogen and oxygen atoms in total. The second-order valence-corrected chi connectivity index (χ2v) is 10.5. The molecule has 0 radical (unpaired) electrons. The van der Waals surface area contributed by atoms with Crippen molar-refractivity contribution in [3.05, 3.63) is 65.7 Å². The molecule has 0 aliphatic carbocycles. The van der Waals surface area contributed by atoms with Crippen LogP contribution in [0.4, 0.5) is 5.69 Å². The molecular formula is C26H37N3O4S. The number of hydrogen-bond acceptors (Lipinski definition) is 4. The lowest BCUT2D eigenvalue weighted by Gasteiger charge is -2.29. The first-order valence-electron chi connectivity index (χ1n) is 11.8. The summed E-state index contributed by atoms with van der Waals surface area (Å²) in [5, 5.41) is 2.90. The number of nitrogens with one attached hydrogen (secondary N) is 1. The summed E-state index contributed by atoms with van der Waals surface area (Å²) in [6, 6.07) is 16.2. The van der Waals surface area contributed by atoms with Gasteiger partial charge < -0.3 is 10.2 Å². The van der Waals surface area contributed by atoms with E-state index in [1.54, 1.807) is 24.0 Å². The fourth-order valence-electron chi connectivity index (χ4n) is 3.61. The van der Waals surface area contributed by atoms with Crippen molar-refractivity contribution in [3.63, 3.8) is 0 Å². The van der Waals surface area contributed by atoms with Crippen molar-refractivity contribution in [1.82, 2.24) is 10.2 Å². The Bertz CT molecular complexity index is 1020. The molecule has 0 aromatic heterocycles. The van der Waals surface area contributed by atoms with Gasteiger partial charge in [-0.15, -0.1) is 0 Å². The fraction of sp³-hybridized carbons (Fsp3) is 0.462. The zero-order valence-corrected chi connectivity index (χ0v) is 21.5. The van der Waals surface area contributed by atoms with Crippen LogP contribution < -0.4 is 9.62 Å². The Morgan fingerprint density at radius 3 is 2.24 bits per heavy atom. The number of sulfonamides is 1. The van der Waals surface area contributed by atoms with Crippen molar-refractivity contribution in [2.45, 2.75) is 59.0 Å². The molecule has 0 spiro atoms. The molecule has 0 fully saturated rings. The predicted octanol–water partition coefficient (Wildman–Crippen LogP) is 3.87. The van der Waals surface area contributed by atoms with Crippen LogP contribution in [0.5, 0.6) is 0 Å². The van der Waals surface area contributed by atoms with Gasteiger partial charge >= 0.3 is 0 Å². The van der Waals surface area contributed by atoms with Gasteiger partial charge in [-0.3, -0.25) is 13.9 Å². The van der Waals surface area contributed by atoms with Crippen LogP contribution in [-0.4, -0.2) is 50.5 Å². The molecule has 0 saturated carbocycles. The predicted molar refractivity (Wildman–Crippen MR) is 137 cm³/mol. The Kier molecular flexibility index (Phi) is 10.6. The Morgan fingerprint density at radius 1 is 1.00 bits per heavy atom. The van der Waals surface area contributed by atoms with Crippen LogP contribution in [0.2, 0.25) is 0 Å². The summed E-state index contributed by atoms with van der Waals surface area (Å²) in [5.41, 5.74) is 2.54. The summed E-state index contributed by atoms with van der Waals surface area (Å²) < 4.78 is 26.1. The van der Waals surface area contributed by atoms with Gasteiger partial charge in [0.25, 0.3) is 0 Å². The van der Waals surface area contributed by atoms with E-state index in [0.29, 0.717) is 25.2 Å². The van der Waals surface area contributed by atoms with E-state index in [1.165, 1.54) is 10.6 Å². The fourth-order valence-corrected chi connectivity index (χ4v) is 4.58. The summed E-state index contributed by atoms with van der Waals surface area (Å²) in [6.07, 6.45) is 3.50. The monoisotopic (exact) mass is 487 g/mol. The quantitative estimate of drug-likeness (QED) is 0.435. The maximum Gasteiger partial charge on any atom is 0.242 e. The number of hydrogen-bond donors (Lipinski definition) is 1. The molecule has 1 N–H and O–H groups in total. The Labute approximate surface area is 204 Å². The molecular weight excluding hydrogens is 450 g/mol. The lowest BCUT2D eigenvalue weighted by Crippen LogP contribution is -2.47. The average Bonchev–Trinajstić information content (AvgIpc) is 2.80. The maximum atomic E-state index is 13.2. The Hall–Kier alpha value is -2.87. The van der Waals surface area contributed by atoms with Crippen LogP contribution in [0.25, 0.3) is 0 Å². The van der Waals surface area contributed by atoms with Crippen LogP contribution in [-0.2, 0) is 26.2 Å². The standard InChI is InChI=1S/C26H37N3O4S/c1-5-6-18-27-26(31)22(3)28(20-23-11-8-7-9-12-23)25(30)13-10-19-29(34(4,32)33)24-16-14-21(2)15-17-24/h7-9,11-12,14-17,22H,5-6,10,13,18-20H2,1-4H3,(H,27,31)/t22-/m1/s1. The number of amides is 2. The van der Waals surface area contributed by atoms with E-state index in [0.717, 1.165) is 24.0 Å². The number of benzene rings is 2. The van der Waals surface area contributed by atoms with E-state index in [9.17, 15) is 18.0 Å². The lowest BCUT2D eigenvalue weighted by atomic mass is 10.1. The van der Waals surface area contributed by atoms with E-state index < -0.39 is 16.1 Å². The van der Waals surface area contributed by atoms with Crippen LogP contribution in [0.1, 0.15) is 50.7 Å². The smallest absolute Gasteiger partial charge is 0.242 e. The second-order valence-electron chi connectivity index (χ2n) is 8.60. The van der Waals surface area contributed by atoms with Crippen molar-refractivity contribution in [1.29, 1.82) is 0 Å². The molecule has 0 bridgehead atoms. The van der Waals surface area contributed by atoms with Gasteiger partial charge in [0.2, 0.25) is 21.8 Å². The van der Waals surface area contributed by atoms with E-state index >= 15 is 0 Å². The van der Waals surface area contributed by atoms with E-state index in [-0.39, 0.29) is 24.8 Å². The first kappa shape index (κ1) is 27.4. The minimum Gasteiger partial charge on any atom is -0.354 e. The van der Waals surface area contributed by atoms with Gasteiger partial charge in [-0.25, -0.2) is 8.42 Å². The zero-order valence-electron chi connectivity index (χ0n) is 20.7. The van der Waals surface area contributed by atoms with Gasteiger partial charge in [-0.05, 0) is 44.4 Å². The lowest BCUT2D eigenvalue weighted by molar-refractivity contribution is -0.140. The third-order valence-electron chi connectivity index (χ3n) is 5.67. The Morgan fingerprint density at radius 2 is 1.65 bits per heavy atom. The Balaban J connectivity index is 2.10. The van der Waals surface area contributed by atoms with Crippen molar-refractivity contribution in [3.8, 4) is 0 Å². The molecule has 8 heteroatoms. The average molecular weight is 488 g/mol. The molecule has 0 aliphatic heterocycles. The topological polar surface area (TPSA) is 86.8 Å². The molecule has 186 valence electrons. The van der Waals surface area contributed by atoms with E-state index in [4.69, 9.17) is 0 Å². The second kappa shape index (κ2) is 13.1. The number of unbranched alkanes of at least 4 members (excludes halogenated alkanes) is 1. The first-order chi connectivity index (χ1) is 16.1. The van der Waals surface area contributed by atoms with Crippen LogP contribution in [0.3, 0.4) is 0 Å². The number of rotatable bonds is 13. The van der Waals surface area contributed by atoms with Crippen LogP contribution in [0, 0.1) is 6.92 Å². The minimum atomic E-state index is -3.50. The molecule has 2 amide bonds. The zero-order chi connectivity index (χ0) is 25.1. The van der Waals surface area contributed by atoms with Gasteiger partial charge in [-0.2, -0.15) is 0 Å². The van der Waals surface area contributed by atoms with Crippen molar-refractivity contribution >= 4 is 27.5 Å². The summed E-state index contributed by atoms with van der Waals surface area (Å²) in [5.74, 6) is -0.366. The van der Waals surface area contributed by atoms with Crippen molar-refractivity contribution in [2.75, 3.05) is 23.7 Å². The largest absolute Gasteiger partial charge is 0.354 e.